The molecule has 1 aliphatic carbocycles. The van der Waals surface area contributed by atoms with Gasteiger partial charge in [0.05, 0.1) is 19.2 Å². The minimum Gasteiger partial charge on any atom is -0.497 e. The van der Waals surface area contributed by atoms with Crippen LogP contribution in [-0.2, 0) is 5.92 Å². The van der Waals surface area contributed by atoms with Crippen molar-refractivity contribution in [3.8, 4) is 5.75 Å². The number of benzene rings is 1. The summed E-state index contributed by atoms with van der Waals surface area (Å²) in [5.41, 5.74) is 1.80. The number of ether oxygens (including phenoxy) is 1. The van der Waals surface area contributed by atoms with Gasteiger partial charge in [-0.3, -0.25) is 4.90 Å². The van der Waals surface area contributed by atoms with Crippen LogP contribution in [0.4, 0.5) is 8.78 Å². The molecule has 5 heteroatoms. The second kappa shape index (κ2) is 5.19. The molecule has 1 aromatic heterocycles. The SMILES string of the molecule is CCC1C[C@H]2C[C@H]3c4[nH]c5ccc(OC)cc5c4C(F)(F)CN(C2)C13. The molecule has 1 aromatic carbocycles. The normalized spacial score (nSPS) is 35.4. The zero-order valence-electron chi connectivity index (χ0n) is 14.7. The molecule has 1 saturated carbocycles. The molecule has 3 aliphatic heterocycles. The Labute approximate surface area is 146 Å². The highest BCUT2D eigenvalue weighted by molar-refractivity contribution is 5.87. The van der Waals surface area contributed by atoms with Gasteiger partial charge in [0.2, 0.25) is 0 Å². The second-order valence-electron chi connectivity index (χ2n) is 8.06. The van der Waals surface area contributed by atoms with Crippen LogP contribution >= 0.6 is 0 Å². The number of rotatable bonds is 2. The number of fused-ring (bicyclic) bond motifs is 4. The van der Waals surface area contributed by atoms with Crippen molar-refractivity contribution >= 4 is 10.9 Å². The number of nitrogens with one attached hydrogen (secondary N) is 1. The maximum atomic E-state index is 15.3. The molecule has 4 aliphatic rings. The lowest BCUT2D eigenvalue weighted by atomic mass is 9.65. The van der Waals surface area contributed by atoms with E-state index in [0.717, 1.165) is 30.6 Å². The molecule has 3 nitrogen and oxygen atoms in total. The van der Waals surface area contributed by atoms with Crippen molar-refractivity contribution in [1.29, 1.82) is 0 Å². The third kappa shape index (κ3) is 2.11. The van der Waals surface area contributed by atoms with Crippen molar-refractivity contribution in [2.45, 2.75) is 44.1 Å². The Morgan fingerprint density at radius 1 is 1.32 bits per heavy atom. The molecule has 0 spiro atoms. The third-order valence-corrected chi connectivity index (χ3v) is 6.73. The second-order valence-corrected chi connectivity index (χ2v) is 8.06. The number of alkyl halides is 2. The number of H-pyrrole nitrogens is 1. The third-order valence-electron chi connectivity index (χ3n) is 6.73. The van der Waals surface area contributed by atoms with E-state index in [0.29, 0.717) is 23.0 Å². The number of aromatic amines is 1. The summed E-state index contributed by atoms with van der Waals surface area (Å²) in [4.78, 5) is 5.48. The summed E-state index contributed by atoms with van der Waals surface area (Å²) < 4.78 is 36.0. The number of halogens is 2. The van der Waals surface area contributed by atoms with Crippen LogP contribution in [0.2, 0.25) is 0 Å². The van der Waals surface area contributed by atoms with E-state index in [1.165, 1.54) is 6.42 Å². The van der Waals surface area contributed by atoms with Crippen LogP contribution in [0.3, 0.4) is 0 Å². The molecule has 3 unspecified atom stereocenters. The van der Waals surface area contributed by atoms with E-state index < -0.39 is 5.92 Å². The van der Waals surface area contributed by atoms with Crippen molar-refractivity contribution < 1.29 is 13.5 Å². The molecule has 1 N–H and O–H groups in total. The summed E-state index contributed by atoms with van der Waals surface area (Å²) in [6.45, 7) is 2.88. The lowest BCUT2D eigenvalue weighted by molar-refractivity contribution is -0.0843. The van der Waals surface area contributed by atoms with Crippen LogP contribution in [0.1, 0.15) is 43.4 Å². The number of hydrogen-bond acceptors (Lipinski definition) is 2. The molecule has 4 bridgehead atoms. The lowest BCUT2D eigenvalue weighted by Gasteiger charge is -2.53. The summed E-state index contributed by atoms with van der Waals surface area (Å²) in [7, 11) is 1.58. The minimum atomic E-state index is -2.84. The Hall–Kier alpha value is -1.62. The molecule has 134 valence electrons. The van der Waals surface area contributed by atoms with Crippen molar-refractivity contribution in [3.63, 3.8) is 0 Å². The molecular formula is C20H24F2N2O. The highest BCUT2D eigenvalue weighted by Crippen LogP contribution is 2.54. The highest BCUT2D eigenvalue weighted by atomic mass is 19.3. The van der Waals surface area contributed by atoms with Gasteiger partial charge in [0.1, 0.15) is 5.75 Å². The van der Waals surface area contributed by atoms with Gasteiger partial charge in [-0.05, 0) is 42.9 Å². The van der Waals surface area contributed by atoms with E-state index in [4.69, 9.17) is 4.74 Å². The quantitative estimate of drug-likeness (QED) is 0.868. The first-order chi connectivity index (χ1) is 12.0. The smallest absolute Gasteiger partial charge is 0.287 e. The van der Waals surface area contributed by atoms with Crippen LogP contribution in [0.15, 0.2) is 18.2 Å². The minimum absolute atomic E-state index is 0.154. The predicted octanol–water partition coefficient (Wildman–Crippen LogP) is 4.49. The summed E-state index contributed by atoms with van der Waals surface area (Å²) in [6, 6.07) is 5.72. The van der Waals surface area contributed by atoms with Crippen LogP contribution in [0.5, 0.6) is 5.75 Å². The van der Waals surface area contributed by atoms with Gasteiger partial charge in [-0.1, -0.05) is 13.3 Å². The van der Waals surface area contributed by atoms with Gasteiger partial charge in [-0.25, -0.2) is 0 Å². The molecule has 6 rings (SSSR count). The van der Waals surface area contributed by atoms with E-state index in [1.807, 2.05) is 12.1 Å². The van der Waals surface area contributed by atoms with Crippen LogP contribution in [-0.4, -0.2) is 36.1 Å². The maximum Gasteiger partial charge on any atom is 0.287 e. The number of aromatic nitrogens is 1. The summed E-state index contributed by atoms with van der Waals surface area (Å²) in [5.74, 6) is -0.940. The molecule has 0 amide bonds. The maximum absolute atomic E-state index is 15.3. The average molecular weight is 346 g/mol. The molecule has 4 heterocycles. The summed E-state index contributed by atoms with van der Waals surface area (Å²) in [5, 5.41) is 0.622. The van der Waals surface area contributed by atoms with Crippen molar-refractivity contribution in [2.75, 3.05) is 20.2 Å². The number of piperidine rings is 2. The Kier molecular flexibility index (Phi) is 3.25. The van der Waals surface area contributed by atoms with Gasteiger partial charge in [0.15, 0.2) is 0 Å². The largest absolute Gasteiger partial charge is 0.497 e. The van der Waals surface area contributed by atoms with E-state index in [2.05, 4.69) is 16.8 Å². The number of nitrogens with zero attached hydrogens (tertiary/aromatic N) is 1. The lowest BCUT2D eigenvalue weighted by Crippen LogP contribution is -2.57. The van der Waals surface area contributed by atoms with Gasteiger partial charge >= 0.3 is 0 Å². The van der Waals surface area contributed by atoms with E-state index >= 15 is 8.78 Å². The fraction of sp³-hybridized carbons (Fsp3) is 0.600. The Morgan fingerprint density at radius 3 is 2.92 bits per heavy atom. The van der Waals surface area contributed by atoms with Crippen LogP contribution in [0, 0.1) is 11.8 Å². The molecule has 2 aromatic rings. The first-order valence-corrected chi connectivity index (χ1v) is 9.33. The number of methoxy groups -OCH3 is 1. The van der Waals surface area contributed by atoms with E-state index in [-0.39, 0.29) is 24.1 Å². The zero-order chi connectivity index (χ0) is 17.3. The molecule has 5 atom stereocenters. The van der Waals surface area contributed by atoms with E-state index in [1.54, 1.807) is 13.2 Å². The van der Waals surface area contributed by atoms with Crippen molar-refractivity contribution in [1.82, 2.24) is 9.88 Å². The zero-order valence-corrected chi connectivity index (χ0v) is 14.7. The fourth-order valence-electron chi connectivity index (χ4n) is 5.84. The van der Waals surface area contributed by atoms with Gasteiger partial charge < -0.3 is 9.72 Å². The first kappa shape index (κ1) is 15.6. The predicted molar refractivity (Wildman–Crippen MR) is 93.4 cm³/mol. The fourth-order valence-corrected chi connectivity index (χ4v) is 5.84. The first-order valence-electron chi connectivity index (χ1n) is 9.33. The van der Waals surface area contributed by atoms with Gasteiger partial charge in [0.25, 0.3) is 5.92 Å². The molecule has 0 radical (unpaired) electrons. The van der Waals surface area contributed by atoms with Crippen LogP contribution < -0.4 is 4.74 Å². The topological polar surface area (TPSA) is 28.3 Å². The van der Waals surface area contributed by atoms with Gasteiger partial charge in [-0.2, -0.15) is 8.78 Å². The van der Waals surface area contributed by atoms with Gasteiger partial charge in [-0.15, -0.1) is 0 Å². The van der Waals surface area contributed by atoms with Crippen molar-refractivity contribution in [2.24, 2.45) is 11.8 Å². The standard InChI is InChI=1S/C20H24F2N2O/c1-3-12-6-11-7-15-18-17(20(21,22)10-24(9-11)19(12)15)14-8-13(25-2)4-5-16(14)23-18/h4-5,8,11-12,15,19,23H,3,6-7,9-10H2,1-2H3/t11-,12?,15-,19?/m0/s1. The van der Waals surface area contributed by atoms with Crippen molar-refractivity contribution in [3.05, 3.63) is 29.5 Å². The molecule has 3 fully saturated rings. The Bertz CT molecular complexity index is 830. The summed E-state index contributed by atoms with van der Waals surface area (Å²) >= 11 is 0. The Balaban J connectivity index is 1.74. The molecular weight excluding hydrogens is 322 g/mol. The Morgan fingerprint density at radius 2 is 2.16 bits per heavy atom. The highest BCUT2D eigenvalue weighted by Gasteiger charge is 2.54. The van der Waals surface area contributed by atoms with Gasteiger partial charge in [0, 0.05) is 35.1 Å². The molecule has 2 saturated heterocycles. The molecule has 25 heavy (non-hydrogen) atoms. The number of hydrogen-bond donors (Lipinski definition) is 1. The average Bonchev–Trinajstić information content (AvgIpc) is 2.97. The van der Waals surface area contributed by atoms with E-state index in [9.17, 15) is 0 Å². The summed E-state index contributed by atoms with van der Waals surface area (Å²) in [6.07, 6.45) is 3.30. The van der Waals surface area contributed by atoms with Crippen LogP contribution in [0.25, 0.3) is 10.9 Å². The monoisotopic (exact) mass is 346 g/mol.